The van der Waals surface area contributed by atoms with Crippen LogP contribution >= 0.6 is 23.4 Å². The molecule has 0 bridgehead atoms. The number of carbonyl (C=O) groups excluding carboxylic acids is 1. The molecule has 0 saturated carbocycles. The third-order valence-electron chi connectivity index (χ3n) is 3.92. The van der Waals surface area contributed by atoms with E-state index in [1.165, 1.54) is 0 Å². The summed E-state index contributed by atoms with van der Waals surface area (Å²) in [5.41, 5.74) is 3.22. The van der Waals surface area contributed by atoms with Gasteiger partial charge in [-0.1, -0.05) is 60.1 Å². The smallest absolute Gasteiger partial charge is 0.235 e. The van der Waals surface area contributed by atoms with Gasteiger partial charge >= 0.3 is 0 Å². The molecule has 3 nitrogen and oxygen atoms in total. The molecule has 5 heteroatoms. The Morgan fingerprint density at radius 3 is 2.42 bits per heavy atom. The number of hydrogen-bond donors (Lipinski definition) is 1. The van der Waals surface area contributed by atoms with Crippen molar-refractivity contribution in [1.29, 1.82) is 0 Å². The summed E-state index contributed by atoms with van der Waals surface area (Å²) in [4.78, 5) is 16.6. The van der Waals surface area contributed by atoms with Gasteiger partial charge in [0.05, 0.1) is 11.0 Å². The van der Waals surface area contributed by atoms with Crippen LogP contribution in [0.15, 0.2) is 72.9 Å². The van der Waals surface area contributed by atoms with E-state index in [0.717, 1.165) is 16.7 Å². The fourth-order valence-electron chi connectivity index (χ4n) is 2.59. The van der Waals surface area contributed by atoms with Crippen LogP contribution in [0.2, 0.25) is 5.02 Å². The van der Waals surface area contributed by atoms with E-state index in [1.54, 1.807) is 18.0 Å². The van der Waals surface area contributed by atoms with Crippen molar-refractivity contribution in [3.63, 3.8) is 0 Å². The van der Waals surface area contributed by atoms with E-state index < -0.39 is 0 Å². The van der Waals surface area contributed by atoms with E-state index in [9.17, 15) is 4.79 Å². The molecule has 0 spiro atoms. The summed E-state index contributed by atoms with van der Waals surface area (Å²) in [7, 11) is 0. The first-order valence-corrected chi connectivity index (χ1v) is 9.69. The average Bonchev–Trinajstić information content (AvgIpc) is 2.66. The van der Waals surface area contributed by atoms with Gasteiger partial charge in [-0.05, 0) is 41.8 Å². The van der Waals surface area contributed by atoms with E-state index in [1.807, 2.05) is 61.5 Å². The second-order valence-corrected chi connectivity index (χ2v) is 7.40. The second kappa shape index (κ2) is 8.88. The van der Waals surface area contributed by atoms with Crippen molar-refractivity contribution in [1.82, 2.24) is 4.98 Å². The molecule has 3 rings (SSSR count). The van der Waals surface area contributed by atoms with Crippen LogP contribution in [-0.4, -0.2) is 16.6 Å². The number of benzene rings is 2. The number of thioether (sulfide) groups is 1. The first-order valence-electron chi connectivity index (χ1n) is 8.27. The topological polar surface area (TPSA) is 42.0 Å². The number of nitrogens with zero attached hydrogens (tertiary/aromatic N) is 1. The second-order valence-electron chi connectivity index (χ2n) is 5.87. The molecule has 3 aromatic rings. The van der Waals surface area contributed by atoms with Crippen LogP contribution in [-0.2, 0) is 4.79 Å². The van der Waals surface area contributed by atoms with Crippen molar-refractivity contribution in [2.45, 2.75) is 12.2 Å². The molecule has 0 saturated heterocycles. The average molecular weight is 383 g/mol. The van der Waals surface area contributed by atoms with Gasteiger partial charge in [-0.2, -0.15) is 0 Å². The maximum absolute atomic E-state index is 12.4. The summed E-state index contributed by atoms with van der Waals surface area (Å²) in [5.74, 6) is 0.880. The minimum atomic E-state index is -0.0632. The SMILES string of the molecule is Cc1cccnc1NC(=O)CSC(c1ccccc1)c1ccc(Cl)cc1. The van der Waals surface area contributed by atoms with Crippen molar-refractivity contribution in [3.8, 4) is 0 Å². The summed E-state index contributed by atoms with van der Waals surface area (Å²) in [5, 5.41) is 3.65. The van der Waals surface area contributed by atoms with Crippen LogP contribution in [0.4, 0.5) is 5.82 Å². The summed E-state index contributed by atoms with van der Waals surface area (Å²) in [6.07, 6.45) is 1.68. The number of halogens is 1. The Balaban J connectivity index is 1.73. The van der Waals surface area contributed by atoms with Gasteiger partial charge in [0.25, 0.3) is 0 Å². The molecular formula is C21H19ClN2OS. The molecule has 1 aromatic heterocycles. The Bertz CT molecular complexity index is 869. The minimum Gasteiger partial charge on any atom is -0.310 e. The molecule has 0 aliphatic heterocycles. The number of aryl methyl sites for hydroxylation is 1. The lowest BCUT2D eigenvalue weighted by Crippen LogP contribution is -2.17. The molecule has 1 N–H and O–H groups in total. The normalized spacial score (nSPS) is 11.8. The van der Waals surface area contributed by atoms with E-state index in [0.29, 0.717) is 16.6 Å². The Morgan fingerprint density at radius 1 is 1.04 bits per heavy atom. The third kappa shape index (κ3) is 4.87. The van der Waals surface area contributed by atoms with Gasteiger partial charge in [0.15, 0.2) is 0 Å². The first-order chi connectivity index (χ1) is 12.6. The van der Waals surface area contributed by atoms with E-state index in [4.69, 9.17) is 11.6 Å². The van der Waals surface area contributed by atoms with E-state index in [-0.39, 0.29) is 11.2 Å². The Kier molecular flexibility index (Phi) is 6.31. The number of carbonyl (C=O) groups is 1. The van der Waals surface area contributed by atoms with Crippen LogP contribution in [0.25, 0.3) is 0 Å². The zero-order valence-electron chi connectivity index (χ0n) is 14.4. The maximum atomic E-state index is 12.4. The van der Waals surface area contributed by atoms with Crippen molar-refractivity contribution >= 4 is 35.1 Å². The molecule has 1 amide bonds. The van der Waals surface area contributed by atoms with E-state index >= 15 is 0 Å². The summed E-state index contributed by atoms with van der Waals surface area (Å²) < 4.78 is 0. The lowest BCUT2D eigenvalue weighted by molar-refractivity contribution is -0.113. The van der Waals surface area contributed by atoms with Crippen molar-refractivity contribution in [3.05, 3.63) is 94.6 Å². The van der Waals surface area contributed by atoms with Gasteiger partial charge < -0.3 is 5.32 Å². The number of hydrogen-bond acceptors (Lipinski definition) is 3. The van der Waals surface area contributed by atoms with Crippen LogP contribution in [0.1, 0.15) is 21.9 Å². The zero-order chi connectivity index (χ0) is 18.4. The predicted octanol–water partition coefficient (Wildman–Crippen LogP) is 5.50. The quantitative estimate of drug-likeness (QED) is 0.611. The highest BCUT2D eigenvalue weighted by Gasteiger charge is 2.17. The Morgan fingerprint density at radius 2 is 1.73 bits per heavy atom. The number of pyridine rings is 1. The number of anilines is 1. The molecule has 0 fully saturated rings. The first kappa shape index (κ1) is 18.5. The van der Waals surface area contributed by atoms with Crippen LogP contribution in [0.5, 0.6) is 0 Å². The molecular weight excluding hydrogens is 364 g/mol. The summed E-state index contributed by atoms with van der Waals surface area (Å²) >= 11 is 7.60. The number of nitrogens with one attached hydrogen (secondary N) is 1. The Hall–Kier alpha value is -2.30. The molecule has 2 aromatic carbocycles. The Labute approximate surface area is 162 Å². The standard InChI is InChI=1S/C21H19ClN2OS/c1-15-6-5-13-23-21(15)24-19(25)14-26-20(16-7-3-2-4-8-16)17-9-11-18(22)12-10-17/h2-13,20H,14H2,1H3,(H,23,24,25). The molecule has 0 aliphatic rings. The fraction of sp³-hybridized carbons (Fsp3) is 0.143. The van der Waals surface area contributed by atoms with Gasteiger partial charge in [-0.15, -0.1) is 11.8 Å². The fourth-order valence-corrected chi connectivity index (χ4v) is 3.81. The van der Waals surface area contributed by atoms with E-state index in [2.05, 4.69) is 22.4 Å². The molecule has 132 valence electrons. The molecule has 1 atom stereocenters. The van der Waals surface area contributed by atoms with Crippen LogP contribution < -0.4 is 5.32 Å². The third-order valence-corrected chi connectivity index (χ3v) is 5.48. The van der Waals surface area contributed by atoms with Crippen molar-refractivity contribution in [2.75, 3.05) is 11.1 Å². The highest BCUT2D eigenvalue weighted by Crippen LogP contribution is 2.36. The highest BCUT2D eigenvalue weighted by molar-refractivity contribution is 8.00. The highest BCUT2D eigenvalue weighted by atomic mass is 35.5. The van der Waals surface area contributed by atoms with Crippen molar-refractivity contribution < 1.29 is 4.79 Å². The largest absolute Gasteiger partial charge is 0.310 e. The zero-order valence-corrected chi connectivity index (χ0v) is 15.9. The monoisotopic (exact) mass is 382 g/mol. The minimum absolute atomic E-state index is 0.0593. The van der Waals surface area contributed by atoms with Crippen LogP contribution in [0, 0.1) is 6.92 Å². The number of rotatable bonds is 6. The maximum Gasteiger partial charge on any atom is 0.235 e. The lowest BCUT2D eigenvalue weighted by Gasteiger charge is -2.18. The predicted molar refractivity (Wildman–Crippen MR) is 110 cm³/mol. The van der Waals surface area contributed by atoms with Gasteiger partial charge in [0, 0.05) is 11.2 Å². The van der Waals surface area contributed by atoms with Gasteiger partial charge in [0.1, 0.15) is 5.82 Å². The number of aromatic nitrogens is 1. The lowest BCUT2D eigenvalue weighted by atomic mass is 10.0. The molecule has 1 heterocycles. The van der Waals surface area contributed by atoms with Gasteiger partial charge in [-0.25, -0.2) is 4.98 Å². The van der Waals surface area contributed by atoms with Gasteiger partial charge in [0.2, 0.25) is 5.91 Å². The van der Waals surface area contributed by atoms with Crippen molar-refractivity contribution in [2.24, 2.45) is 0 Å². The van der Waals surface area contributed by atoms with Crippen LogP contribution in [0.3, 0.4) is 0 Å². The number of amides is 1. The molecule has 26 heavy (non-hydrogen) atoms. The molecule has 0 aliphatic carbocycles. The summed E-state index contributed by atoms with van der Waals surface area (Å²) in [6.45, 7) is 1.93. The van der Waals surface area contributed by atoms with Gasteiger partial charge in [-0.3, -0.25) is 4.79 Å². The molecule has 1 unspecified atom stereocenters. The summed E-state index contributed by atoms with van der Waals surface area (Å²) in [6, 6.07) is 21.7. The molecule has 0 radical (unpaired) electrons.